The number of nitrogens with zero attached hydrogens (tertiary/aromatic N) is 4. The Morgan fingerprint density at radius 1 is 0.839 bits per heavy atom. The average Bonchev–Trinajstić information content (AvgIpc) is 3.26. The highest BCUT2D eigenvalue weighted by Gasteiger charge is 2.18. The van der Waals surface area contributed by atoms with Crippen molar-refractivity contribution < 1.29 is 4.42 Å². The topological polar surface area (TPSA) is 73.8 Å². The van der Waals surface area contributed by atoms with Gasteiger partial charge in [-0.3, -0.25) is 0 Å². The molecule has 0 spiro atoms. The third kappa shape index (κ3) is 2.73. The highest BCUT2D eigenvalue weighted by molar-refractivity contribution is 6.07. The lowest BCUT2D eigenvalue weighted by Gasteiger charge is -2.06. The van der Waals surface area contributed by atoms with E-state index in [1.807, 2.05) is 85.9 Å². The molecule has 0 saturated heterocycles. The van der Waals surface area contributed by atoms with Crippen LogP contribution in [0.15, 0.2) is 88.2 Å². The van der Waals surface area contributed by atoms with Gasteiger partial charge in [0.2, 0.25) is 0 Å². The Kier molecular flexibility index (Phi) is 3.73. The zero-order chi connectivity index (χ0) is 20.9. The molecule has 6 rings (SSSR count). The van der Waals surface area contributed by atoms with Crippen molar-refractivity contribution in [2.75, 3.05) is 0 Å². The van der Waals surface area contributed by atoms with Gasteiger partial charge < -0.3 is 4.42 Å². The van der Waals surface area contributed by atoms with E-state index in [2.05, 4.69) is 10.2 Å². The molecule has 6 aromatic rings. The molecule has 0 amide bonds. The first-order valence-electron chi connectivity index (χ1n) is 9.93. The average molecular weight is 404 g/mol. The van der Waals surface area contributed by atoms with Crippen LogP contribution in [-0.4, -0.2) is 20.0 Å². The Hall–Kier alpha value is -4.32. The molecule has 0 aliphatic carbocycles. The molecule has 148 valence electrons. The molecule has 0 fully saturated rings. The monoisotopic (exact) mass is 404 g/mol. The minimum Gasteiger partial charge on any atom is -0.422 e. The molecule has 3 aromatic heterocycles. The van der Waals surface area contributed by atoms with E-state index in [-0.39, 0.29) is 0 Å². The predicted molar refractivity (Wildman–Crippen MR) is 120 cm³/mol. The first-order valence-corrected chi connectivity index (χ1v) is 9.93. The number of rotatable bonds is 2. The van der Waals surface area contributed by atoms with Gasteiger partial charge in [0.1, 0.15) is 16.8 Å². The second-order valence-electron chi connectivity index (χ2n) is 7.45. The number of fused-ring (bicyclic) bond motifs is 4. The van der Waals surface area contributed by atoms with Gasteiger partial charge in [-0.1, -0.05) is 48.5 Å². The van der Waals surface area contributed by atoms with Gasteiger partial charge in [0.25, 0.3) is 0 Å². The highest BCUT2D eigenvalue weighted by Crippen LogP contribution is 2.30. The highest BCUT2D eigenvalue weighted by atomic mass is 16.4. The lowest BCUT2D eigenvalue weighted by molar-refractivity contribution is 0.563. The number of aromatic nitrogens is 4. The van der Waals surface area contributed by atoms with Crippen molar-refractivity contribution in [3.05, 3.63) is 95.1 Å². The molecule has 0 unspecified atom stereocenters. The maximum absolute atomic E-state index is 12.9. The van der Waals surface area contributed by atoms with Crippen LogP contribution in [0.3, 0.4) is 0 Å². The van der Waals surface area contributed by atoms with Crippen LogP contribution in [0.2, 0.25) is 0 Å². The van der Waals surface area contributed by atoms with Crippen LogP contribution in [0.25, 0.3) is 49.6 Å². The van der Waals surface area contributed by atoms with E-state index >= 15 is 0 Å². The molecule has 3 heterocycles. The standard InChI is InChI=1S/C25H16N4O2/c1-15-23-21(14-29(28-23)17-8-3-2-4-9-17)24(27-26-15)20-13-19-18-10-6-5-7-16(18)11-12-22(19)31-25(20)30/h2-14H,1H3. The summed E-state index contributed by atoms with van der Waals surface area (Å²) in [5.41, 5.74) is 3.25. The number of aryl methyl sites for hydroxylation is 1. The van der Waals surface area contributed by atoms with Crippen LogP contribution in [0.4, 0.5) is 0 Å². The van der Waals surface area contributed by atoms with E-state index in [0.717, 1.165) is 27.2 Å². The third-order valence-corrected chi connectivity index (χ3v) is 5.53. The van der Waals surface area contributed by atoms with Crippen molar-refractivity contribution in [1.82, 2.24) is 20.0 Å². The van der Waals surface area contributed by atoms with Gasteiger partial charge in [-0.05, 0) is 42.0 Å². The van der Waals surface area contributed by atoms with Gasteiger partial charge in [0.05, 0.1) is 22.3 Å². The van der Waals surface area contributed by atoms with E-state index in [1.54, 1.807) is 4.68 Å². The van der Waals surface area contributed by atoms with Gasteiger partial charge in [-0.25, -0.2) is 9.48 Å². The zero-order valence-electron chi connectivity index (χ0n) is 16.6. The minimum atomic E-state index is -0.449. The van der Waals surface area contributed by atoms with Crippen LogP contribution >= 0.6 is 0 Å². The Morgan fingerprint density at radius 3 is 2.52 bits per heavy atom. The SMILES string of the molecule is Cc1nnc(-c2cc3c(ccc4ccccc43)oc2=O)c2cn(-c3ccccc3)nc12. The van der Waals surface area contributed by atoms with Crippen molar-refractivity contribution in [1.29, 1.82) is 0 Å². The van der Waals surface area contributed by atoms with E-state index in [9.17, 15) is 4.79 Å². The van der Waals surface area contributed by atoms with E-state index in [0.29, 0.717) is 28.1 Å². The Labute approximate surface area is 176 Å². The molecule has 31 heavy (non-hydrogen) atoms. The fraction of sp³-hybridized carbons (Fsp3) is 0.0400. The summed E-state index contributed by atoms with van der Waals surface area (Å²) in [6.45, 7) is 1.86. The summed E-state index contributed by atoms with van der Waals surface area (Å²) in [4.78, 5) is 12.9. The molecular formula is C25H16N4O2. The fourth-order valence-electron chi connectivity index (χ4n) is 3.99. The minimum absolute atomic E-state index is 0.369. The van der Waals surface area contributed by atoms with Gasteiger partial charge in [-0.15, -0.1) is 5.10 Å². The molecule has 3 aromatic carbocycles. The normalized spacial score (nSPS) is 11.5. The van der Waals surface area contributed by atoms with Crippen molar-refractivity contribution in [3.63, 3.8) is 0 Å². The first-order chi connectivity index (χ1) is 15.2. The summed E-state index contributed by atoms with van der Waals surface area (Å²) in [5.74, 6) is 0. The second kappa shape index (κ2) is 6.60. The van der Waals surface area contributed by atoms with Crippen LogP contribution in [0, 0.1) is 6.92 Å². The quantitative estimate of drug-likeness (QED) is 0.298. The molecule has 0 saturated carbocycles. The first kappa shape index (κ1) is 17.5. The van der Waals surface area contributed by atoms with Crippen LogP contribution in [0.5, 0.6) is 0 Å². The lowest BCUT2D eigenvalue weighted by Crippen LogP contribution is -2.05. The Balaban J connectivity index is 1.65. The van der Waals surface area contributed by atoms with E-state index in [4.69, 9.17) is 9.52 Å². The molecule has 0 aliphatic rings. The number of benzene rings is 3. The third-order valence-electron chi connectivity index (χ3n) is 5.53. The predicted octanol–water partition coefficient (Wildman–Crippen LogP) is 5.05. The number of hydrogen-bond acceptors (Lipinski definition) is 5. The van der Waals surface area contributed by atoms with Gasteiger partial charge in [0.15, 0.2) is 0 Å². The molecule has 0 N–H and O–H groups in total. The molecular weight excluding hydrogens is 388 g/mol. The van der Waals surface area contributed by atoms with E-state index < -0.39 is 5.63 Å². The number of para-hydroxylation sites is 1. The van der Waals surface area contributed by atoms with E-state index in [1.165, 1.54) is 0 Å². The smallest absolute Gasteiger partial charge is 0.345 e. The van der Waals surface area contributed by atoms with Crippen molar-refractivity contribution >= 4 is 32.6 Å². The number of hydrogen-bond donors (Lipinski definition) is 0. The lowest BCUT2D eigenvalue weighted by atomic mass is 10.0. The zero-order valence-corrected chi connectivity index (χ0v) is 16.6. The molecule has 0 aliphatic heterocycles. The Bertz CT molecular complexity index is 1670. The summed E-state index contributed by atoms with van der Waals surface area (Å²) in [7, 11) is 0. The summed E-state index contributed by atoms with van der Waals surface area (Å²) < 4.78 is 7.46. The van der Waals surface area contributed by atoms with Crippen LogP contribution in [0.1, 0.15) is 5.69 Å². The molecule has 0 atom stereocenters. The molecule has 0 bridgehead atoms. The fourth-order valence-corrected chi connectivity index (χ4v) is 3.99. The molecule has 6 nitrogen and oxygen atoms in total. The van der Waals surface area contributed by atoms with Crippen LogP contribution < -0.4 is 5.63 Å². The summed E-state index contributed by atoms with van der Waals surface area (Å²) >= 11 is 0. The van der Waals surface area contributed by atoms with Crippen molar-refractivity contribution in [2.24, 2.45) is 0 Å². The molecule has 6 heteroatoms. The van der Waals surface area contributed by atoms with Gasteiger partial charge in [0, 0.05) is 11.6 Å². The summed E-state index contributed by atoms with van der Waals surface area (Å²) in [5, 5.41) is 17.0. The Morgan fingerprint density at radius 2 is 1.65 bits per heavy atom. The van der Waals surface area contributed by atoms with Gasteiger partial charge >= 0.3 is 5.63 Å². The second-order valence-corrected chi connectivity index (χ2v) is 7.45. The van der Waals surface area contributed by atoms with Crippen LogP contribution in [-0.2, 0) is 0 Å². The molecule has 0 radical (unpaired) electrons. The summed E-state index contributed by atoms with van der Waals surface area (Å²) in [6.07, 6.45) is 1.88. The maximum Gasteiger partial charge on any atom is 0.345 e. The van der Waals surface area contributed by atoms with Crippen molar-refractivity contribution in [3.8, 4) is 16.9 Å². The van der Waals surface area contributed by atoms with Gasteiger partial charge in [-0.2, -0.15) is 10.2 Å². The maximum atomic E-state index is 12.9. The summed E-state index contributed by atoms with van der Waals surface area (Å²) in [6, 6.07) is 23.4. The largest absolute Gasteiger partial charge is 0.422 e. The van der Waals surface area contributed by atoms with Crippen molar-refractivity contribution in [2.45, 2.75) is 6.92 Å².